The standard InChI is InChI=1S/C15H19N3OS/c1-3-9-16-11(2)13-10-20-15(17-13)18-14(19)12-7-5-4-6-8-12/h4-8,10-11,16H,3,9H2,1-2H3,(H,17,18,19). The van der Waals surface area contributed by atoms with E-state index in [2.05, 4.69) is 29.5 Å². The number of hydrogen-bond donors (Lipinski definition) is 2. The molecule has 1 aromatic carbocycles. The maximum atomic E-state index is 12.0. The Hall–Kier alpha value is -1.72. The topological polar surface area (TPSA) is 54.0 Å². The molecule has 5 heteroatoms. The van der Waals surface area contributed by atoms with Crippen LogP contribution in [0.3, 0.4) is 0 Å². The van der Waals surface area contributed by atoms with E-state index in [4.69, 9.17) is 0 Å². The molecule has 0 aliphatic carbocycles. The Morgan fingerprint density at radius 3 is 2.80 bits per heavy atom. The van der Waals surface area contributed by atoms with Crippen LogP contribution in [0.4, 0.5) is 5.13 Å². The highest BCUT2D eigenvalue weighted by atomic mass is 32.1. The van der Waals surface area contributed by atoms with Crippen LogP contribution in [0.15, 0.2) is 35.7 Å². The maximum absolute atomic E-state index is 12.0. The third kappa shape index (κ3) is 3.88. The molecular formula is C15H19N3OS. The SMILES string of the molecule is CCCNC(C)c1csc(NC(=O)c2ccccc2)n1. The second-order valence-electron chi connectivity index (χ2n) is 4.57. The molecule has 2 N–H and O–H groups in total. The fourth-order valence-corrected chi connectivity index (χ4v) is 2.57. The van der Waals surface area contributed by atoms with E-state index in [-0.39, 0.29) is 11.9 Å². The van der Waals surface area contributed by atoms with Crippen molar-refractivity contribution in [2.75, 3.05) is 11.9 Å². The van der Waals surface area contributed by atoms with Gasteiger partial charge in [0.1, 0.15) is 0 Å². The Balaban J connectivity index is 1.97. The lowest BCUT2D eigenvalue weighted by molar-refractivity contribution is 0.102. The first-order valence-corrected chi connectivity index (χ1v) is 7.64. The van der Waals surface area contributed by atoms with Crippen LogP contribution in [0.5, 0.6) is 0 Å². The number of benzene rings is 1. The Bertz CT molecular complexity index is 553. The number of aromatic nitrogens is 1. The number of anilines is 1. The van der Waals surface area contributed by atoms with Crippen molar-refractivity contribution in [2.45, 2.75) is 26.3 Å². The van der Waals surface area contributed by atoms with Crippen molar-refractivity contribution in [3.05, 3.63) is 47.0 Å². The van der Waals surface area contributed by atoms with E-state index < -0.39 is 0 Å². The molecule has 2 rings (SSSR count). The van der Waals surface area contributed by atoms with E-state index >= 15 is 0 Å². The highest BCUT2D eigenvalue weighted by molar-refractivity contribution is 7.14. The molecule has 0 saturated heterocycles. The predicted molar refractivity (Wildman–Crippen MR) is 83.2 cm³/mol. The molecule has 0 aliphatic heterocycles. The molecule has 1 heterocycles. The number of amides is 1. The van der Waals surface area contributed by atoms with Gasteiger partial charge in [-0.1, -0.05) is 25.1 Å². The second-order valence-corrected chi connectivity index (χ2v) is 5.43. The van der Waals surface area contributed by atoms with Crippen LogP contribution in [0.1, 0.15) is 42.4 Å². The zero-order chi connectivity index (χ0) is 14.4. The van der Waals surface area contributed by atoms with Gasteiger partial charge in [-0.15, -0.1) is 11.3 Å². The highest BCUT2D eigenvalue weighted by Gasteiger charge is 2.11. The smallest absolute Gasteiger partial charge is 0.257 e. The summed E-state index contributed by atoms with van der Waals surface area (Å²) in [5.41, 5.74) is 1.60. The Morgan fingerprint density at radius 2 is 2.10 bits per heavy atom. The van der Waals surface area contributed by atoms with Crippen molar-refractivity contribution in [1.82, 2.24) is 10.3 Å². The first-order chi connectivity index (χ1) is 9.70. The van der Waals surface area contributed by atoms with Crippen molar-refractivity contribution >= 4 is 22.4 Å². The van der Waals surface area contributed by atoms with Gasteiger partial charge in [0.15, 0.2) is 5.13 Å². The Kier molecular flexibility index (Phi) is 5.26. The molecule has 4 nitrogen and oxygen atoms in total. The van der Waals surface area contributed by atoms with E-state index in [1.165, 1.54) is 11.3 Å². The summed E-state index contributed by atoms with van der Waals surface area (Å²) in [5, 5.41) is 8.83. The van der Waals surface area contributed by atoms with Crippen LogP contribution in [-0.2, 0) is 0 Å². The van der Waals surface area contributed by atoms with Gasteiger partial charge in [-0.05, 0) is 32.0 Å². The molecule has 0 spiro atoms. The van der Waals surface area contributed by atoms with Crippen LogP contribution in [0.25, 0.3) is 0 Å². The minimum absolute atomic E-state index is 0.124. The van der Waals surface area contributed by atoms with Crippen LogP contribution >= 0.6 is 11.3 Å². The zero-order valence-corrected chi connectivity index (χ0v) is 12.5. The summed E-state index contributed by atoms with van der Waals surface area (Å²) in [4.78, 5) is 16.5. The fourth-order valence-electron chi connectivity index (χ4n) is 1.77. The monoisotopic (exact) mass is 289 g/mol. The third-order valence-electron chi connectivity index (χ3n) is 2.92. The second kappa shape index (κ2) is 7.17. The van der Waals surface area contributed by atoms with Crippen LogP contribution < -0.4 is 10.6 Å². The maximum Gasteiger partial charge on any atom is 0.257 e. The summed E-state index contributed by atoms with van der Waals surface area (Å²) in [7, 11) is 0. The first-order valence-electron chi connectivity index (χ1n) is 6.76. The van der Waals surface area contributed by atoms with Gasteiger partial charge in [0.25, 0.3) is 5.91 Å². The summed E-state index contributed by atoms with van der Waals surface area (Å²) in [6.45, 7) is 5.17. The molecule has 106 valence electrons. The number of nitrogens with one attached hydrogen (secondary N) is 2. The van der Waals surface area contributed by atoms with Crippen molar-refractivity contribution in [3.8, 4) is 0 Å². The molecule has 0 saturated carbocycles. The first kappa shape index (κ1) is 14.7. The van der Waals surface area contributed by atoms with Gasteiger partial charge < -0.3 is 5.32 Å². The summed E-state index contributed by atoms with van der Waals surface area (Å²) in [6.07, 6.45) is 1.09. The van der Waals surface area contributed by atoms with Gasteiger partial charge in [0, 0.05) is 17.0 Å². The summed E-state index contributed by atoms with van der Waals surface area (Å²) < 4.78 is 0. The molecule has 1 amide bonds. The largest absolute Gasteiger partial charge is 0.309 e. The number of thiazole rings is 1. The van der Waals surface area contributed by atoms with E-state index in [0.717, 1.165) is 18.7 Å². The molecule has 1 unspecified atom stereocenters. The molecule has 20 heavy (non-hydrogen) atoms. The Labute approximate surface area is 123 Å². The molecule has 0 bridgehead atoms. The lowest BCUT2D eigenvalue weighted by Gasteiger charge is -2.09. The molecule has 1 aromatic heterocycles. The van der Waals surface area contributed by atoms with Gasteiger partial charge in [-0.3, -0.25) is 10.1 Å². The minimum atomic E-state index is -0.124. The third-order valence-corrected chi connectivity index (χ3v) is 3.70. The van der Waals surface area contributed by atoms with Gasteiger partial charge in [-0.2, -0.15) is 0 Å². The number of nitrogens with zero attached hydrogens (tertiary/aromatic N) is 1. The molecule has 0 aliphatic rings. The number of rotatable bonds is 6. The molecule has 1 atom stereocenters. The zero-order valence-electron chi connectivity index (χ0n) is 11.7. The van der Waals surface area contributed by atoms with Gasteiger partial charge in [0.2, 0.25) is 0 Å². The van der Waals surface area contributed by atoms with Gasteiger partial charge in [0.05, 0.1) is 5.69 Å². The van der Waals surface area contributed by atoms with Crippen molar-refractivity contribution in [3.63, 3.8) is 0 Å². The van der Waals surface area contributed by atoms with Crippen LogP contribution in [0, 0.1) is 0 Å². The van der Waals surface area contributed by atoms with Gasteiger partial charge in [-0.25, -0.2) is 4.98 Å². The number of hydrogen-bond acceptors (Lipinski definition) is 4. The molecule has 2 aromatic rings. The van der Waals surface area contributed by atoms with Crippen molar-refractivity contribution < 1.29 is 4.79 Å². The van der Waals surface area contributed by atoms with E-state index in [9.17, 15) is 4.79 Å². The van der Waals surface area contributed by atoms with Crippen LogP contribution in [0.2, 0.25) is 0 Å². The average Bonchev–Trinajstić information content (AvgIpc) is 2.94. The number of carbonyl (C=O) groups excluding carboxylic acids is 1. The van der Waals surface area contributed by atoms with Crippen molar-refractivity contribution in [2.24, 2.45) is 0 Å². The molecule has 0 fully saturated rings. The van der Waals surface area contributed by atoms with E-state index in [1.807, 2.05) is 23.6 Å². The quantitative estimate of drug-likeness (QED) is 0.856. The van der Waals surface area contributed by atoms with Gasteiger partial charge >= 0.3 is 0 Å². The number of carbonyl (C=O) groups is 1. The highest BCUT2D eigenvalue weighted by Crippen LogP contribution is 2.21. The minimum Gasteiger partial charge on any atom is -0.309 e. The summed E-state index contributed by atoms with van der Waals surface area (Å²) >= 11 is 1.45. The van der Waals surface area contributed by atoms with E-state index in [1.54, 1.807) is 12.1 Å². The lowest BCUT2D eigenvalue weighted by atomic mass is 10.2. The predicted octanol–water partition coefficient (Wildman–Crippen LogP) is 3.46. The van der Waals surface area contributed by atoms with Crippen molar-refractivity contribution in [1.29, 1.82) is 0 Å². The average molecular weight is 289 g/mol. The molecule has 0 radical (unpaired) electrons. The summed E-state index contributed by atoms with van der Waals surface area (Å²) in [6, 6.07) is 9.36. The van der Waals surface area contributed by atoms with E-state index in [0.29, 0.717) is 10.7 Å². The fraction of sp³-hybridized carbons (Fsp3) is 0.333. The molecular weight excluding hydrogens is 270 g/mol. The Morgan fingerprint density at radius 1 is 1.35 bits per heavy atom. The lowest BCUT2D eigenvalue weighted by Crippen LogP contribution is -2.19. The normalized spacial score (nSPS) is 12.1. The summed E-state index contributed by atoms with van der Waals surface area (Å²) in [5.74, 6) is -0.124. The van der Waals surface area contributed by atoms with Crippen LogP contribution in [-0.4, -0.2) is 17.4 Å².